The van der Waals surface area contributed by atoms with Gasteiger partial charge in [-0.05, 0) is 24.6 Å². The number of alkyl halides is 3. The largest absolute Gasteiger partial charge is 0.458 e. The predicted molar refractivity (Wildman–Crippen MR) is 77.3 cm³/mol. The van der Waals surface area contributed by atoms with Crippen LogP contribution < -0.4 is 9.64 Å². The third kappa shape index (κ3) is 3.69. The van der Waals surface area contributed by atoms with Gasteiger partial charge in [0.2, 0.25) is 0 Å². The van der Waals surface area contributed by atoms with Crippen LogP contribution in [0.15, 0.2) is 30.7 Å². The average molecular weight is 324 g/mol. The van der Waals surface area contributed by atoms with Gasteiger partial charge in [-0.3, -0.25) is 0 Å². The molecule has 122 valence electrons. The Morgan fingerprint density at radius 2 is 1.87 bits per heavy atom. The molecule has 0 N–H and O–H groups in total. The molecule has 1 atom stereocenters. The summed E-state index contributed by atoms with van der Waals surface area (Å²) in [5.41, 5.74) is 0.705. The highest BCUT2D eigenvalue weighted by molar-refractivity contribution is 5.46. The topological polar surface area (TPSA) is 51.1 Å². The van der Waals surface area contributed by atoms with Gasteiger partial charge in [-0.25, -0.2) is 15.0 Å². The summed E-state index contributed by atoms with van der Waals surface area (Å²) in [7, 11) is 0. The van der Waals surface area contributed by atoms with Crippen LogP contribution in [-0.4, -0.2) is 34.1 Å². The maximum atomic E-state index is 12.5. The molecule has 0 radical (unpaired) electrons. The van der Waals surface area contributed by atoms with Crippen molar-refractivity contribution < 1.29 is 17.9 Å². The molecular weight excluding hydrogens is 309 g/mol. The van der Waals surface area contributed by atoms with Crippen molar-refractivity contribution in [3.63, 3.8) is 0 Å². The first-order valence-corrected chi connectivity index (χ1v) is 7.15. The SMILES string of the molecule is Cc1cnc(OC2CCN(c3ccc(C(F)(F)F)nc3)C2)nc1. The molecule has 0 aromatic carbocycles. The first-order valence-electron chi connectivity index (χ1n) is 7.15. The second kappa shape index (κ2) is 6.02. The van der Waals surface area contributed by atoms with Gasteiger partial charge in [0.1, 0.15) is 11.8 Å². The Labute approximate surface area is 131 Å². The summed E-state index contributed by atoms with van der Waals surface area (Å²) in [6.07, 6.45) is 0.827. The minimum Gasteiger partial charge on any atom is -0.458 e. The minimum absolute atomic E-state index is 0.0972. The number of anilines is 1. The van der Waals surface area contributed by atoms with Gasteiger partial charge in [0.25, 0.3) is 0 Å². The standard InChI is InChI=1S/C15H15F3N4O/c1-10-6-20-14(21-7-10)23-12-4-5-22(9-12)11-2-3-13(19-8-11)15(16,17)18/h2-3,6-8,12H,4-5,9H2,1H3. The Balaban J connectivity index is 1.62. The normalized spacial score (nSPS) is 18.3. The molecule has 2 aromatic rings. The fourth-order valence-corrected chi connectivity index (χ4v) is 2.39. The van der Waals surface area contributed by atoms with Gasteiger partial charge in [0.05, 0.1) is 18.4 Å². The van der Waals surface area contributed by atoms with Crippen LogP contribution in [0.5, 0.6) is 6.01 Å². The zero-order valence-corrected chi connectivity index (χ0v) is 12.4. The highest BCUT2D eigenvalue weighted by Crippen LogP contribution is 2.29. The van der Waals surface area contributed by atoms with E-state index in [1.807, 2.05) is 11.8 Å². The third-order valence-electron chi connectivity index (χ3n) is 3.58. The molecule has 1 unspecified atom stereocenters. The van der Waals surface area contributed by atoms with E-state index in [0.717, 1.165) is 18.1 Å². The summed E-state index contributed by atoms with van der Waals surface area (Å²) < 4.78 is 43.3. The van der Waals surface area contributed by atoms with Gasteiger partial charge in [-0.2, -0.15) is 13.2 Å². The van der Waals surface area contributed by atoms with Crippen molar-refractivity contribution in [2.45, 2.75) is 25.6 Å². The predicted octanol–water partition coefficient (Wildman–Crippen LogP) is 2.86. The van der Waals surface area contributed by atoms with Crippen molar-refractivity contribution in [2.75, 3.05) is 18.0 Å². The first kappa shape index (κ1) is 15.5. The second-order valence-electron chi connectivity index (χ2n) is 5.42. The van der Waals surface area contributed by atoms with E-state index in [1.54, 1.807) is 12.4 Å². The Kier molecular flexibility index (Phi) is 4.06. The fourth-order valence-electron chi connectivity index (χ4n) is 2.39. The number of pyridine rings is 1. The monoisotopic (exact) mass is 324 g/mol. The van der Waals surface area contributed by atoms with Crippen molar-refractivity contribution in [1.29, 1.82) is 0 Å². The summed E-state index contributed by atoms with van der Waals surface area (Å²) in [6, 6.07) is 2.74. The highest BCUT2D eigenvalue weighted by atomic mass is 19.4. The lowest BCUT2D eigenvalue weighted by atomic mass is 10.3. The quantitative estimate of drug-likeness (QED) is 0.869. The summed E-state index contributed by atoms with van der Waals surface area (Å²) in [4.78, 5) is 13.6. The number of hydrogen-bond donors (Lipinski definition) is 0. The van der Waals surface area contributed by atoms with Crippen LogP contribution in [0.1, 0.15) is 17.7 Å². The molecule has 23 heavy (non-hydrogen) atoms. The van der Waals surface area contributed by atoms with E-state index in [-0.39, 0.29) is 6.10 Å². The molecule has 0 amide bonds. The average Bonchev–Trinajstić information content (AvgIpc) is 2.97. The van der Waals surface area contributed by atoms with Crippen molar-refractivity contribution in [3.05, 3.63) is 42.0 Å². The first-order chi connectivity index (χ1) is 10.9. The molecule has 3 heterocycles. The maximum Gasteiger partial charge on any atom is 0.433 e. The maximum absolute atomic E-state index is 12.5. The number of ether oxygens (including phenoxy) is 1. The number of nitrogens with zero attached hydrogens (tertiary/aromatic N) is 4. The van der Waals surface area contributed by atoms with Gasteiger partial charge in [-0.1, -0.05) is 0 Å². The minimum atomic E-state index is -4.42. The molecule has 0 aliphatic carbocycles. The van der Waals surface area contributed by atoms with E-state index in [9.17, 15) is 13.2 Å². The van der Waals surface area contributed by atoms with Crippen LogP contribution in [0, 0.1) is 6.92 Å². The molecule has 0 saturated carbocycles. The van der Waals surface area contributed by atoms with Gasteiger partial charge in [-0.15, -0.1) is 0 Å². The van der Waals surface area contributed by atoms with Crippen LogP contribution in [0.3, 0.4) is 0 Å². The third-order valence-corrected chi connectivity index (χ3v) is 3.58. The number of hydrogen-bond acceptors (Lipinski definition) is 5. The van der Waals surface area contributed by atoms with Gasteiger partial charge < -0.3 is 9.64 Å². The Morgan fingerprint density at radius 1 is 1.13 bits per heavy atom. The van der Waals surface area contributed by atoms with Crippen molar-refractivity contribution >= 4 is 5.69 Å². The zero-order valence-electron chi connectivity index (χ0n) is 12.4. The lowest BCUT2D eigenvalue weighted by Gasteiger charge is -2.18. The van der Waals surface area contributed by atoms with E-state index in [2.05, 4.69) is 15.0 Å². The molecular formula is C15H15F3N4O. The Hall–Kier alpha value is -2.38. The smallest absolute Gasteiger partial charge is 0.433 e. The number of rotatable bonds is 3. The van der Waals surface area contributed by atoms with Crippen LogP contribution >= 0.6 is 0 Å². The number of aromatic nitrogens is 3. The highest BCUT2D eigenvalue weighted by Gasteiger charge is 2.32. The van der Waals surface area contributed by atoms with Crippen LogP contribution in [-0.2, 0) is 6.18 Å². The van der Waals surface area contributed by atoms with Crippen molar-refractivity contribution in [1.82, 2.24) is 15.0 Å². The number of halogens is 3. The molecule has 1 saturated heterocycles. The number of aryl methyl sites for hydroxylation is 1. The second-order valence-corrected chi connectivity index (χ2v) is 5.42. The molecule has 3 rings (SSSR count). The van der Waals surface area contributed by atoms with Gasteiger partial charge in [0, 0.05) is 25.4 Å². The Morgan fingerprint density at radius 3 is 2.48 bits per heavy atom. The van der Waals surface area contributed by atoms with Crippen LogP contribution in [0.2, 0.25) is 0 Å². The van der Waals surface area contributed by atoms with Crippen LogP contribution in [0.4, 0.5) is 18.9 Å². The summed E-state index contributed by atoms with van der Waals surface area (Å²) >= 11 is 0. The molecule has 1 aliphatic heterocycles. The van der Waals surface area contributed by atoms with E-state index in [4.69, 9.17) is 4.74 Å². The lowest BCUT2D eigenvalue weighted by molar-refractivity contribution is -0.141. The zero-order chi connectivity index (χ0) is 16.4. The summed E-state index contributed by atoms with van der Waals surface area (Å²) in [5, 5.41) is 0. The van der Waals surface area contributed by atoms with E-state index in [0.29, 0.717) is 24.8 Å². The van der Waals surface area contributed by atoms with Crippen LogP contribution in [0.25, 0.3) is 0 Å². The van der Waals surface area contributed by atoms with Gasteiger partial charge >= 0.3 is 12.2 Å². The van der Waals surface area contributed by atoms with Crippen molar-refractivity contribution in [3.8, 4) is 6.01 Å². The lowest BCUT2D eigenvalue weighted by Crippen LogP contribution is -2.25. The summed E-state index contributed by atoms with van der Waals surface area (Å²) in [5.74, 6) is 0. The molecule has 5 nitrogen and oxygen atoms in total. The molecule has 0 bridgehead atoms. The van der Waals surface area contributed by atoms with Gasteiger partial charge in [0.15, 0.2) is 0 Å². The molecule has 8 heteroatoms. The van der Waals surface area contributed by atoms with E-state index in [1.165, 1.54) is 12.3 Å². The van der Waals surface area contributed by atoms with E-state index < -0.39 is 11.9 Å². The molecule has 2 aromatic heterocycles. The molecule has 1 fully saturated rings. The molecule has 0 spiro atoms. The van der Waals surface area contributed by atoms with Crippen molar-refractivity contribution in [2.24, 2.45) is 0 Å². The molecule has 1 aliphatic rings. The fraction of sp³-hybridized carbons (Fsp3) is 0.400. The van der Waals surface area contributed by atoms with E-state index >= 15 is 0 Å². The Bertz CT molecular complexity index is 658. The summed E-state index contributed by atoms with van der Waals surface area (Å²) in [6.45, 7) is 3.13.